The van der Waals surface area contributed by atoms with Gasteiger partial charge in [-0.25, -0.2) is 0 Å². The zero-order valence-electron chi connectivity index (χ0n) is 23.2. The third kappa shape index (κ3) is 3.94. The number of nitrogen functional groups attached to an aromatic ring is 1. The number of nitrogens with zero attached hydrogens (tertiary/aromatic N) is 1. The van der Waals surface area contributed by atoms with Gasteiger partial charge in [-0.1, -0.05) is 78.9 Å². The molecular formula is C39H26N2S2. The summed E-state index contributed by atoms with van der Waals surface area (Å²) in [6.45, 7) is 0. The summed E-state index contributed by atoms with van der Waals surface area (Å²) in [6.07, 6.45) is 0. The Morgan fingerprint density at radius 2 is 1.14 bits per heavy atom. The largest absolute Gasteiger partial charge is 0.398 e. The van der Waals surface area contributed by atoms with Crippen molar-refractivity contribution in [1.82, 2.24) is 4.57 Å². The van der Waals surface area contributed by atoms with Crippen molar-refractivity contribution >= 4 is 92.3 Å². The number of hydrogen-bond acceptors (Lipinski definition) is 3. The zero-order chi connectivity index (χ0) is 28.5. The first-order chi connectivity index (χ1) is 21.2. The van der Waals surface area contributed by atoms with Crippen molar-refractivity contribution in [1.29, 1.82) is 0 Å². The van der Waals surface area contributed by atoms with E-state index in [0.717, 1.165) is 11.4 Å². The third-order valence-corrected chi connectivity index (χ3v) is 10.9. The van der Waals surface area contributed by atoms with Crippen molar-refractivity contribution in [3.8, 4) is 5.69 Å². The Hall–Kier alpha value is -4.77. The molecule has 0 spiro atoms. The van der Waals surface area contributed by atoms with Gasteiger partial charge in [-0.3, -0.25) is 0 Å². The molecule has 0 radical (unpaired) electrons. The lowest BCUT2D eigenvalue weighted by molar-refractivity contribution is 1.18. The standard InChI is InChI=1S/C39H26N2S2/c40-33-17-18-37-38(30-11-5-6-12-36(30)43-37)39(33)42-23-24-13-15-29(16-14-24)41-34-21-27-9-3-1-7-25(27)19-31(34)32-20-26-8-2-4-10-28(26)22-35(32)41/h1-22H,23,40H2. The van der Waals surface area contributed by atoms with Gasteiger partial charge in [0.05, 0.1) is 11.0 Å². The van der Waals surface area contributed by atoms with Crippen LogP contribution in [0.5, 0.6) is 0 Å². The summed E-state index contributed by atoms with van der Waals surface area (Å²) in [5, 5.41) is 10.2. The van der Waals surface area contributed by atoms with Crippen LogP contribution in [-0.2, 0) is 5.75 Å². The highest BCUT2D eigenvalue weighted by Crippen LogP contribution is 2.43. The first-order valence-electron chi connectivity index (χ1n) is 14.5. The molecule has 43 heavy (non-hydrogen) atoms. The Bertz CT molecular complexity index is 2430. The van der Waals surface area contributed by atoms with E-state index in [-0.39, 0.29) is 0 Å². The molecule has 0 saturated heterocycles. The fourth-order valence-electron chi connectivity index (χ4n) is 6.52. The number of aromatic nitrogens is 1. The minimum Gasteiger partial charge on any atom is -0.398 e. The van der Waals surface area contributed by atoms with E-state index in [1.807, 2.05) is 23.1 Å². The van der Waals surface area contributed by atoms with Crippen LogP contribution in [-0.4, -0.2) is 4.57 Å². The predicted octanol–water partition coefficient (Wildman–Crippen LogP) is 11.3. The summed E-state index contributed by atoms with van der Waals surface area (Å²) in [5.41, 5.74) is 12.3. The van der Waals surface area contributed by atoms with Crippen molar-refractivity contribution in [2.45, 2.75) is 10.6 Å². The molecule has 2 heterocycles. The molecule has 204 valence electrons. The van der Waals surface area contributed by atoms with Gasteiger partial charge in [0.15, 0.2) is 0 Å². The number of hydrogen-bond donors (Lipinski definition) is 1. The van der Waals surface area contributed by atoms with Crippen LogP contribution in [0, 0.1) is 0 Å². The smallest absolute Gasteiger partial charge is 0.0547 e. The maximum atomic E-state index is 6.55. The number of nitrogens with two attached hydrogens (primary N) is 1. The van der Waals surface area contributed by atoms with Crippen LogP contribution in [0.1, 0.15) is 5.56 Å². The molecule has 0 amide bonds. The van der Waals surface area contributed by atoms with Crippen molar-refractivity contribution < 1.29 is 0 Å². The molecule has 2 nitrogen and oxygen atoms in total. The molecule has 0 bridgehead atoms. The van der Waals surface area contributed by atoms with Gasteiger partial charge < -0.3 is 10.3 Å². The summed E-state index contributed by atoms with van der Waals surface area (Å²) in [4.78, 5) is 1.18. The van der Waals surface area contributed by atoms with Crippen molar-refractivity contribution in [2.24, 2.45) is 0 Å². The first-order valence-corrected chi connectivity index (χ1v) is 16.3. The maximum absolute atomic E-state index is 6.55. The Labute approximate surface area is 257 Å². The summed E-state index contributed by atoms with van der Waals surface area (Å²) in [5.74, 6) is 0.857. The highest BCUT2D eigenvalue weighted by atomic mass is 32.2. The molecule has 9 aromatic rings. The van der Waals surface area contributed by atoms with Gasteiger partial charge >= 0.3 is 0 Å². The number of rotatable bonds is 4. The van der Waals surface area contributed by atoms with Gasteiger partial charge in [0.1, 0.15) is 0 Å². The molecule has 2 N–H and O–H groups in total. The van der Waals surface area contributed by atoms with E-state index in [9.17, 15) is 0 Å². The van der Waals surface area contributed by atoms with Crippen LogP contribution in [0.15, 0.2) is 138 Å². The van der Waals surface area contributed by atoms with Crippen LogP contribution in [0.4, 0.5) is 5.69 Å². The Balaban J connectivity index is 1.15. The molecule has 2 aromatic heterocycles. The second-order valence-corrected chi connectivity index (χ2v) is 13.2. The highest BCUT2D eigenvalue weighted by Gasteiger charge is 2.16. The molecule has 0 atom stereocenters. The minimum atomic E-state index is 0.849. The topological polar surface area (TPSA) is 30.9 Å². The zero-order valence-corrected chi connectivity index (χ0v) is 24.9. The Kier molecular flexibility index (Phi) is 5.55. The second-order valence-electron chi connectivity index (χ2n) is 11.2. The Morgan fingerprint density at radius 1 is 0.558 bits per heavy atom. The average molecular weight is 587 g/mol. The number of anilines is 1. The SMILES string of the molecule is Nc1ccc2sc3ccccc3c2c1SCc1ccc(-n2c3cc4ccccc4cc3c3cc4ccccc4cc32)cc1. The lowest BCUT2D eigenvalue weighted by Gasteiger charge is -2.11. The summed E-state index contributed by atoms with van der Waals surface area (Å²) < 4.78 is 5.03. The highest BCUT2D eigenvalue weighted by molar-refractivity contribution is 7.99. The van der Waals surface area contributed by atoms with Crippen molar-refractivity contribution in [3.63, 3.8) is 0 Å². The molecule has 0 aliphatic carbocycles. The number of benzene rings is 7. The number of thioether (sulfide) groups is 1. The quantitative estimate of drug-likeness (QED) is 0.164. The molecule has 0 aliphatic rings. The molecular weight excluding hydrogens is 561 g/mol. The Morgan fingerprint density at radius 3 is 1.79 bits per heavy atom. The van der Waals surface area contributed by atoms with Gasteiger partial charge in [-0.15, -0.1) is 23.1 Å². The normalized spacial score (nSPS) is 12.0. The van der Waals surface area contributed by atoms with Crippen molar-refractivity contribution in [2.75, 3.05) is 5.73 Å². The van der Waals surface area contributed by atoms with Crippen LogP contribution >= 0.6 is 23.1 Å². The van der Waals surface area contributed by atoms with Crippen LogP contribution in [0.25, 0.3) is 69.2 Å². The average Bonchev–Trinajstić information content (AvgIpc) is 3.57. The fourth-order valence-corrected chi connectivity index (χ4v) is 8.80. The first kappa shape index (κ1) is 24.8. The van der Waals surface area contributed by atoms with Crippen molar-refractivity contribution in [3.05, 3.63) is 139 Å². The predicted molar refractivity (Wildman–Crippen MR) is 189 cm³/mol. The van der Waals surface area contributed by atoms with E-state index in [4.69, 9.17) is 5.73 Å². The van der Waals surface area contributed by atoms with Gasteiger partial charge in [0, 0.05) is 53.0 Å². The number of fused-ring (bicyclic) bond motifs is 8. The lowest BCUT2D eigenvalue weighted by Crippen LogP contribution is -1.95. The van der Waals surface area contributed by atoms with E-state index < -0.39 is 0 Å². The third-order valence-electron chi connectivity index (χ3n) is 8.60. The van der Waals surface area contributed by atoms with E-state index >= 15 is 0 Å². The lowest BCUT2D eigenvalue weighted by atomic mass is 10.0. The minimum absolute atomic E-state index is 0.849. The summed E-state index contributed by atoms with van der Waals surface area (Å²) in [6, 6.07) is 48.6. The van der Waals surface area contributed by atoms with Crippen LogP contribution in [0.2, 0.25) is 0 Å². The number of thiophene rings is 1. The molecule has 0 aliphatic heterocycles. The summed E-state index contributed by atoms with van der Waals surface area (Å²) in [7, 11) is 0. The van der Waals surface area contributed by atoms with Gasteiger partial charge in [0.25, 0.3) is 0 Å². The fraction of sp³-hybridized carbons (Fsp3) is 0.0256. The van der Waals surface area contributed by atoms with Gasteiger partial charge in [0.2, 0.25) is 0 Å². The molecule has 4 heteroatoms. The molecule has 0 unspecified atom stereocenters. The van der Waals surface area contributed by atoms with Crippen LogP contribution < -0.4 is 5.73 Å². The van der Waals surface area contributed by atoms with E-state index in [1.165, 1.54) is 79.7 Å². The second kappa shape index (κ2) is 9.63. The molecule has 0 fully saturated rings. The van der Waals surface area contributed by atoms with Crippen LogP contribution in [0.3, 0.4) is 0 Å². The maximum Gasteiger partial charge on any atom is 0.0547 e. The van der Waals surface area contributed by atoms with E-state index in [1.54, 1.807) is 0 Å². The van der Waals surface area contributed by atoms with Gasteiger partial charge in [-0.2, -0.15) is 0 Å². The molecule has 9 rings (SSSR count). The van der Waals surface area contributed by atoms with E-state index in [0.29, 0.717) is 0 Å². The molecule has 7 aromatic carbocycles. The molecule has 0 saturated carbocycles. The van der Waals surface area contributed by atoms with E-state index in [2.05, 4.69) is 138 Å². The summed E-state index contributed by atoms with van der Waals surface area (Å²) >= 11 is 3.67. The monoisotopic (exact) mass is 586 g/mol. The van der Waals surface area contributed by atoms with Gasteiger partial charge in [-0.05, 0) is 81.7 Å².